The summed E-state index contributed by atoms with van der Waals surface area (Å²) in [6, 6.07) is 0. The smallest absolute Gasteiger partial charge is 0.415 e. The largest absolute Gasteiger partial charge is 0.476 e. The molecule has 0 amide bonds. The molecule has 0 aliphatic carbocycles. The molecule has 0 radical (unpaired) electrons. The normalized spacial score (nSPS) is 15.0. The lowest BCUT2D eigenvalue weighted by atomic mass is 10.7. The third-order valence-corrected chi connectivity index (χ3v) is 1.51. The van der Waals surface area contributed by atoms with Crippen molar-refractivity contribution in [3.63, 3.8) is 0 Å². The first-order valence-electron chi connectivity index (χ1n) is 1.83. The van der Waals surface area contributed by atoms with Crippen LogP contribution in [0.3, 0.4) is 0 Å². The summed E-state index contributed by atoms with van der Waals surface area (Å²) in [7, 11) is -2.64. The van der Waals surface area contributed by atoms with Crippen molar-refractivity contribution >= 4 is 16.8 Å². The fraction of sp³-hybridized carbons (Fsp3) is 0.667. The molecule has 0 spiro atoms. The van der Waals surface area contributed by atoms with Crippen LogP contribution in [-0.2, 0) is 15.6 Å². The summed E-state index contributed by atoms with van der Waals surface area (Å²) in [4.78, 5) is 9.52. The Morgan fingerprint density at radius 2 is 2.00 bits per heavy atom. The number of alkyl halides is 2. The van der Waals surface area contributed by atoms with Crippen LogP contribution in [-0.4, -0.2) is 26.8 Å². The van der Waals surface area contributed by atoms with E-state index in [9.17, 15) is 17.8 Å². The second-order valence-corrected chi connectivity index (χ2v) is 2.70. The Bertz CT molecular complexity index is 139. The predicted molar refractivity (Wildman–Crippen MR) is 26.6 cm³/mol. The molecule has 1 N–H and O–H groups in total. The minimum atomic E-state index is -4.11. The van der Waals surface area contributed by atoms with Crippen molar-refractivity contribution in [1.82, 2.24) is 0 Å². The predicted octanol–water partition coefficient (Wildman–Crippen LogP) is 0.0423. The van der Waals surface area contributed by atoms with E-state index in [1.807, 2.05) is 0 Å². The van der Waals surface area contributed by atoms with Crippen LogP contribution in [0.15, 0.2) is 0 Å². The maximum atomic E-state index is 11.8. The Morgan fingerprint density at radius 3 is 2.00 bits per heavy atom. The fourth-order valence-corrected chi connectivity index (χ4v) is 0.369. The van der Waals surface area contributed by atoms with E-state index in [1.165, 1.54) is 0 Å². The lowest BCUT2D eigenvalue weighted by molar-refractivity contribution is -0.153. The molecule has 1 atom stereocenters. The quantitative estimate of drug-likeness (QED) is 0.617. The number of carboxylic acid groups (broad SMARTS) is 1. The first-order valence-corrected chi connectivity index (χ1v) is 3.39. The van der Waals surface area contributed by atoms with Crippen molar-refractivity contribution in [3.8, 4) is 0 Å². The second-order valence-electron chi connectivity index (χ2n) is 1.28. The van der Waals surface area contributed by atoms with Gasteiger partial charge in [-0.2, -0.15) is 8.78 Å². The summed E-state index contributed by atoms with van der Waals surface area (Å²) in [6.07, 6.45) is 0.633. The zero-order chi connectivity index (χ0) is 7.65. The molecular weight excluding hydrogens is 154 g/mol. The molecule has 0 saturated carbocycles. The van der Waals surface area contributed by atoms with Crippen LogP contribution in [0.4, 0.5) is 8.78 Å². The van der Waals surface area contributed by atoms with Crippen LogP contribution >= 0.6 is 0 Å². The van der Waals surface area contributed by atoms with E-state index in [4.69, 9.17) is 5.11 Å². The van der Waals surface area contributed by atoms with Gasteiger partial charge in [-0.1, -0.05) is 0 Å². The maximum absolute atomic E-state index is 11.8. The molecule has 0 aromatic heterocycles. The Balaban J connectivity index is 4.38. The van der Waals surface area contributed by atoms with Gasteiger partial charge in [0.25, 0.3) is 0 Å². The molecule has 3 nitrogen and oxygen atoms in total. The molecule has 0 fully saturated rings. The molecule has 54 valence electrons. The van der Waals surface area contributed by atoms with Gasteiger partial charge < -0.3 is 5.11 Å². The van der Waals surface area contributed by atoms with E-state index in [1.54, 1.807) is 0 Å². The molecule has 9 heavy (non-hydrogen) atoms. The van der Waals surface area contributed by atoms with E-state index in [2.05, 4.69) is 0 Å². The summed E-state index contributed by atoms with van der Waals surface area (Å²) in [6.45, 7) is 0. The molecule has 0 aliphatic heterocycles. The zero-order valence-electron chi connectivity index (χ0n) is 4.43. The molecule has 0 rings (SSSR count). The van der Waals surface area contributed by atoms with Gasteiger partial charge >= 0.3 is 11.2 Å². The van der Waals surface area contributed by atoms with Gasteiger partial charge in [-0.15, -0.1) is 0 Å². The topological polar surface area (TPSA) is 54.4 Å². The van der Waals surface area contributed by atoms with Crippen LogP contribution in [0, 0.1) is 0 Å². The number of halogens is 2. The summed E-state index contributed by atoms with van der Waals surface area (Å²) in [5, 5.41) is 3.56. The lowest BCUT2D eigenvalue weighted by Crippen LogP contribution is -2.32. The monoisotopic (exact) mass is 158 g/mol. The maximum Gasteiger partial charge on any atom is 0.415 e. The first kappa shape index (κ1) is 8.48. The lowest BCUT2D eigenvalue weighted by Gasteiger charge is -2.04. The second kappa shape index (κ2) is 2.38. The average Bonchev–Trinajstić information content (AvgIpc) is 1.65. The molecule has 0 aromatic carbocycles. The Labute approximate surface area is 52.1 Å². The molecular formula is C3H4F2O3S. The van der Waals surface area contributed by atoms with Gasteiger partial charge in [-0.05, 0) is 0 Å². The number of carbonyl (C=O) groups is 1. The highest BCUT2D eigenvalue weighted by molar-refractivity contribution is 7.86. The van der Waals surface area contributed by atoms with E-state index in [0.717, 1.165) is 0 Å². The number of carboxylic acids is 1. The zero-order valence-corrected chi connectivity index (χ0v) is 5.24. The molecule has 0 aromatic rings. The van der Waals surface area contributed by atoms with Crippen molar-refractivity contribution < 1.29 is 22.9 Å². The summed E-state index contributed by atoms with van der Waals surface area (Å²) < 4.78 is 33.4. The molecule has 0 heterocycles. The average molecular weight is 158 g/mol. The molecule has 6 heteroatoms. The molecule has 0 saturated heterocycles. The van der Waals surface area contributed by atoms with Gasteiger partial charge in [-0.25, -0.2) is 4.79 Å². The van der Waals surface area contributed by atoms with Crippen LogP contribution in [0.1, 0.15) is 0 Å². The SMILES string of the molecule is CS(=O)C(F)(F)C(=O)O. The van der Waals surface area contributed by atoms with Crippen LogP contribution in [0.5, 0.6) is 0 Å². The summed E-state index contributed by atoms with van der Waals surface area (Å²) in [5.74, 6) is -2.36. The van der Waals surface area contributed by atoms with Gasteiger partial charge in [0.2, 0.25) is 0 Å². The Kier molecular flexibility index (Phi) is 2.25. The number of hydrogen-bond donors (Lipinski definition) is 1. The van der Waals surface area contributed by atoms with Gasteiger partial charge in [0.1, 0.15) is 0 Å². The summed E-state index contributed by atoms with van der Waals surface area (Å²) in [5.41, 5.74) is 0. The minimum Gasteiger partial charge on any atom is -0.476 e. The van der Waals surface area contributed by atoms with E-state index in [0.29, 0.717) is 6.26 Å². The minimum absolute atomic E-state index is 0.633. The van der Waals surface area contributed by atoms with E-state index >= 15 is 0 Å². The van der Waals surface area contributed by atoms with Crippen molar-refractivity contribution in [3.05, 3.63) is 0 Å². The van der Waals surface area contributed by atoms with Gasteiger partial charge in [0.15, 0.2) is 0 Å². The fourth-order valence-electron chi connectivity index (χ4n) is 0.123. The number of rotatable bonds is 2. The molecule has 1 unspecified atom stereocenters. The van der Waals surface area contributed by atoms with Crippen LogP contribution < -0.4 is 0 Å². The Hall–Kier alpha value is -0.520. The van der Waals surface area contributed by atoms with Crippen molar-refractivity contribution in [2.45, 2.75) is 5.25 Å². The third-order valence-electron chi connectivity index (χ3n) is 0.610. The highest BCUT2D eigenvalue weighted by Gasteiger charge is 2.43. The first-order chi connectivity index (χ1) is 3.89. The molecule has 0 aliphatic rings. The van der Waals surface area contributed by atoms with Gasteiger partial charge in [0, 0.05) is 6.26 Å². The highest BCUT2D eigenvalue weighted by Crippen LogP contribution is 2.16. The number of aliphatic carboxylic acids is 1. The van der Waals surface area contributed by atoms with Crippen molar-refractivity contribution in [2.75, 3.05) is 6.26 Å². The van der Waals surface area contributed by atoms with Crippen molar-refractivity contribution in [2.24, 2.45) is 0 Å². The number of hydrogen-bond acceptors (Lipinski definition) is 2. The molecule has 0 bridgehead atoms. The van der Waals surface area contributed by atoms with Crippen molar-refractivity contribution in [1.29, 1.82) is 0 Å². The standard InChI is InChI=1S/C3H4F2O3S/c1-9(8)3(4,5)2(6)7/h1H3,(H,6,7). The van der Waals surface area contributed by atoms with Gasteiger partial charge in [0.05, 0.1) is 10.8 Å². The van der Waals surface area contributed by atoms with E-state index in [-0.39, 0.29) is 0 Å². The Morgan fingerprint density at radius 1 is 1.67 bits per heavy atom. The van der Waals surface area contributed by atoms with Gasteiger partial charge in [-0.3, -0.25) is 4.21 Å². The van der Waals surface area contributed by atoms with E-state index < -0.39 is 22.0 Å². The summed E-state index contributed by atoms with van der Waals surface area (Å²) >= 11 is 0. The highest BCUT2D eigenvalue weighted by atomic mass is 32.2. The van der Waals surface area contributed by atoms with Crippen LogP contribution in [0.25, 0.3) is 0 Å². The van der Waals surface area contributed by atoms with Crippen LogP contribution in [0.2, 0.25) is 0 Å². The third kappa shape index (κ3) is 1.70.